The standard InChI is InChI=1S/C13H24N2O3S/c1-13(2)9(8-19-13)3-4-10(14)6-15-11(7-16)5-12(17)18/h7,9-11,15H,3-6,8,14H2,1-2H3,(H,17,18)/t9?,10?,11-/m0/s1. The molecule has 0 aromatic rings. The van der Waals surface area contributed by atoms with Gasteiger partial charge in [0, 0.05) is 17.3 Å². The monoisotopic (exact) mass is 288 g/mol. The number of hydrogen-bond acceptors (Lipinski definition) is 5. The highest BCUT2D eigenvalue weighted by Crippen LogP contribution is 2.47. The van der Waals surface area contributed by atoms with Crippen LogP contribution >= 0.6 is 11.8 Å². The summed E-state index contributed by atoms with van der Waals surface area (Å²) < 4.78 is 0.363. The van der Waals surface area contributed by atoms with Crippen molar-refractivity contribution in [1.29, 1.82) is 0 Å². The summed E-state index contributed by atoms with van der Waals surface area (Å²) >= 11 is 1.98. The van der Waals surface area contributed by atoms with E-state index in [0.717, 1.165) is 12.8 Å². The molecule has 0 aromatic carbocycles. The van der Waals surface area contributed by atoms with Crippen LogP contribution in [-0.2, 0) is 9.59 Å². The maximum atomic E-state index is 10.7. The highest BCUT2D eigenvalue weighted by Gasteiger charge is 2.38. The maximum Gasteiger partial charge on any atom is 0.305 e. The lowest BCUT2D eigenvalue weighted by atomic mass is 9.89. The van der Waals surface area contributed by atoms with Gasteiger partial charge in [0.2, 0.25) is 0 Å². The van der Waals surface area contributed by atoms with Crippen LogP contribution < -0.4 is 11.1 Å². The molecule has 1 heterocycles. The van der Waals surface area contributed by atoms with Gasteiger partial charge in [-0.1, -0.05) is 13.8 Å². The minimum Gasteiger partial charge on any atom is -0.481 e. The van der Waals surface area contributed by atoms with Crippen molar-refractivity contribution >= 4 is 24.0 Å². The number of aldehydes is 1. The quantitative estimate of drug-likeness (QED) is 0.545. The zero-order valence-corrected chi connectivity index (χ0v) is 12.4. The van der Waals surface area contributed by atoms with Crippen LogP contribution in [0.2, 0.25) is 0 Å². The summed E-state index contributed by atoms with van der Waals surface area (Å²) in [5.41, 5.74) is 5.99. The third-order valence-corrected chi connectivity index (χ3v) is 5.37. The van der Waals surface area contributed by atoms with Gasteiger partial charge in [-0.25, -0.2) is 0 Å². The summed E-state index contributed by atoms with van der Waals surface area (Å²) in [6.45, 7) is 4.99. The molecule has 1 aliphatic heterocycles. The van der Waals surface area contributed by atoms with E-state index in [4.69, 9.17) is 10.8 Å². The molecule has 0 amide bonds. The molecule has 6 heteroatoms. The zero-order valence-electron chi connectivity index (χ0n) is 11.6. The number of carbonyl (C=O) groups excluding carboxylic acids is 1. The van der Waals surface area contributed by atoms with Gasteiger partial charge in [0.15, 0.2) is 0 Å². The van der Waals surface area contributed by atoms with E-state index in [0.29, 0.717) is 23.5 Å². The fraction of sp³-hybridized carbons (Fsp3) is 0.846. The first-order chi connectivity index (χ1) is 8.85. The Morgan fingerprint density at radius 1 is 1.63 bits per heavy atom. The lowest BCUT2D eigenvalue weighted by molar-refractivity contribution is -0.138. The Labute approximate surface area is 118 Å². The molecule has 1 rings (SSSR count). The molecule has 1 saturated heterocycles. The van der Waals surface area contributed by atoms with Crippen LogP contribution in [0.25, 0.3) is 0 Å². The van der Waals surface area contributed by atoms with Crippen molar-refractivity contribution in [1.82, 2.24) is 5.32 Å². The van der Waals surface area contributed by atoms with Crippen molar-refractivity contribution in [2.75, 3.05) is 12.3 Å². The second-order valence-electron chi connectivity index (χ2n) is 5.70. The summed E-state index contributed by atoms with van der Waals surface area (Å²) in [6.07, 6.45) is 2.43. The van der Waals surface area contributed by atoms with Crippen LogP contribution in [0.15, 0.2) is 0 Å². The molecule has 0 aliphatic carbocycles. The van der Waals surface area contributed by atoms with Gasteiger partial charge in [-0.05, 0) is 24.5 Å². The molecule has 19 heavy (non-hydrogen) atoms. The molecular weight excluding hydrogens is 264 g/mol. The Kier molecular flexibility index (Phi) is 6.29. The van der Waals surface area contributed by atoms with Crippen molar-refractivity contribution in [2.45, 2.75) is 49.9 Å². The van der Waals surface area contributed by atoms with Crippen molar-refractivity contribution in [2.24, 2.45) is 11.7 Å². The summed E-state index contributed by atoms with van der Waals surface area (Å²) in [4.78, 5) is 21.2. The molecule has 0 spiro atoms. The fourth-order valence-corrected chi connectivity index (χ4v) is 3.50. The second-order valence-corrected chi connectivity index (χ2v) is 7.37. The van der Waals surface area contributed by atoms with Gasteiger partial charge in [-0.15, -0.1) is 0 Å². The molecule has 0 radical (unpaired) electrons. The molecule has 1 fully saturated rings. The average Bonchev–Trinajstić information content (AvgIpc) is 2.32. The van der Waals surface area contributed by atoms with E-state index >= 15 is 0 Å². The number of thioether (sulfide) groups is 1. The summed E-state index contributed by atoms with van der Waals surface area (Å²) in [5.74, 6) is 0.930. The van der Waals surface area contributed by atoms with Gasteiger partial charge in [0.25, 0.3) is 0 Å². The van der Waals surface area contributed by atoms with Gasteiger partial charge in [-0.3, -0.25) is 4.79 Å². The number of aliphatic carboxylic acids is 1. The highest BCUT2D eigenvalue weighted by molar-refractivity contribution is 8.02. The molecule has 3 atom stereocenters. The Bertz CT molecular complexity index is 323. The molecule has 110 valence electrons. The van der Waals surface area contributed by atoms with E-state index in [2.05, 4.69) is 19.2 Å². The van der Waals surface area contributed by atoms with Crippen LogP contribution in [0, 0.1) is 5.92 Å². The first-order valence-electron chi connectivity index (χ1n) is 6.65. The SMILES string of the molecule is CC1(C)SCC1CCC(N)CN[C@H](C=O)CC(=O)O. The van der Waals surface area contributed by atoms with E-state index in [1.807, 2.05) is 11.8 Å². The Morgan fingerprint density at radius 2 is 2.32 bits per heavy atom. The predicted octanol–water partition coefficient (Wildman–Crippen LogP) is 0.867. The van der Waals surface area contributed by atoms with Crippen LogP contribution in [0.5, 0.6) is 0 Å². The van der Waals surface area contributed by atoms with Crippen LogP contribution in [0.3, 0.4) is 0 Å². The van der Waals surface area contributed by atoms with Gasteiger partial charge in [0.05, 0.1) is 12.5 Å². The molecular formula is C13H24N2O3S. The minimum absolute atomic E-state index is 0.0300. The van der Waals surface area contributed by atoms with Gasteiger partial charge >= 0.3 is 5.97 Å². The third kappa shape index (κ3) is 5.50. The van der Waals surface area contributed by atoms with Crippen molar-refractivity contribution in [3.63, 3.8) is 0 Å². The average molecular weight is 288 g/mol. The topological polar surface area (TPSA) is 92.4 Å². The van der Waals surface area contributed by atoms with E-state index in [1.165, 1.54) is 5.75 Å². The molecule has 1 aliphatic rings. The largest absolute Gasteiger partial charge is 0.481 e. The van der Waals surface area contributed by atoms with Crippen LogP contribution in [-0.4, -0.2) is 46.5 Å². The Balaban J connectivity index is 2.18. The number of hydrogen-bond donors (Lipinski definition) is 3. The molecule has 5 nitrogen and oxygen atoms in total. The number of carboxylic acids is 1. The number of nitrogens with one attached hydrogen (secondary N) is 1. The predicted molar refractivity (Wildman–Crippen MR) is 77.3 cm³/mol. The van der Waals surface area contributed by atoms with E-state index in [9.17, 15) is 9.59 Å². The van der Waals surface area contributed by atoms with E-state index < -0.39 is 12.0 Å². The minimum atomic E-state index is -0.980. The highest BCUT2D eigenvalue weighted by atomic mass is 32.2. The fourth-order valence-electron chi connectivity index (χ4n) is 2.14. The number of carbonyl (C=O) groups is 2. The first-order valence-corrected chi connectivity index (χ1v) is 7.63. The molecule has 0 saturated carbocycles. The normalized spacial score (nSPS) is 24.3. The molecule has 2 unspecified atom stereocenters. The van der Waals surface area contributed by atoms with E-state index in [1.54, 1.807) is 0 Å². The van der Waals surface area contributed by atoms with Crippen LogP contribution in [0.1, 0.15) is 33.1 Å². The summed E-state index contributed by atoms with van der Waals surface area (Å²) in [6, 6.07) is -0.670. The third-order valence-electron chi connectivity index (χ3n) is 3.73. The Morgan fingerprint density at radius 3 is 2.74 bits per heavy atom. The molecule has 0 bridgehead atoms. The molecule has 4 N–H and O–H groups in total. The summed E-state index contributed by atoms with van der Waals surface area (Å²) in [5, 5.41) is 11.5. The van der Waals surface area contributed by atoms with E-state index in [-0.39, 0.29) is 12.5 Å². The van der Waals surface area contributed by atoms with Crippen molar-refractivity contribution in [3.05, 3.63) is 0 Å². The van der Waals surface area contributed by atoms with Crippen LogP contribution in [0.4, 0.5) is 0 Å². The van der Waals surface area contributed by atoms with Gasteiger partial charge in [0.1, 0.15) is 6.29 Å². The van der Waals surface area contributed by atoms with Crippen molar-refractivity contribution in [3.8, 4) is 0 Å². The second kappa shape index (κ2) is 7.26. The first kappa shape index (κ1) is 16.5. The maximum absolute atomic E-state index is 10.7. The number of rotatable bonds is 9. The smallest absolute Gasteiger partial charge is 0.305 e. The Hall–Kier alpha value is -0.590. The zero-order chi connectivity index (χ0) is 14.5. The van der Waals surface area contributed by atoms with Gasteiger partial charge < -0.3 is 21.0 Å². The van der Waals surface area contributed by atoms with Gasteiger partial charge in [-0.2, -0.15) is 11.8 Å². The molecule has 0 aromatic heterocycles. The lowest BCUT2D eigenvalue weighted by Gasteiger charge is -2.44. The van der Waals surface area contributed by atoms with Crippen molar-refractivity contribution < 1.29 is 14.7 Å². The number of carboxylic acid groups (broad SMARTS) is 1. The number of nitrogens with two attached hydrogens (primary N) is 1. The summed E-state index contributed by atoms with van der Waals surface area (Å²) in [7, 11) is 0. The lowest BCUT2D eigenvalue weighted by Crippen LogP contribution is -2.44.